The molecule has 0 N–H and O–H groups in total. The van der Waals surface area contributed by atoms with Gasteiger partial charge in [0.15, 0.2) is 0 Å². The molecule has 0 aliphatic carbocycles. The van der Waals surface area contributed by atoms with Crippen LogP contribution in [0.3, 0.4) is 0 Å². The lowest BCUT2D eigenvalue weighted by Crippen LogP contribution is -2.24. The summed E-state index contributed by atoms with van der Waals surface area (Å²) in [5.41, 5.74) is 1.56. The van der Waals surface area contributed by atoms with Gasteiger partial charge in [0.2, 0.25) is 17.6 Å². The van der Waals surface area contributed by atoms with Crippen molar-refractivity contribution in [3.63, 3.8) is 0 Å². The lowest BCUT2D eigenvalue weighted by atomic mass is 10.1. The Morgan fingerprint density at radius 2 is 1.58 bits per heavy atom. The van der Waals surface area contributed by atoms with Gasteiger partial charge in [-0.1, -0.05) is 5.16 Å². The molecule has 3 aromatic carbocycles. The number of hydrogen-bond donors (Lipinski definition) is 0. The maximum absolute atomic E-state index is 13.0. The summed E-state index contributed by atoms with van der Waals surface area (Å²) in [4.78, 5) is 18.8. The highest BCUT2D eigenvalue weighted by Crippen LogP contribution is 2.33. The molecule has 1 aliphatic rings. The number of aromatic nitrogens is 2. The number of methoxy groups -OCH3 is 1. The Kier molecular flexibility index (Phi) is 5.48. The zero-order valence-electron chi connectivity index (χ0n) is 17.8. The first-order valence-corrected chi connectivity index (χ1v) is 10.4. The molecule has 7 nitrogen and oxygen atoms in total. The van der Waals surface area contributed by atoms with E-state index in [0.29, 0.717) is 36.2 Å². The van der Waals surface area contributed by atoms with Gasteiger partial charge >= 0.3 is 0 Å². The predicted octanol–water partition coefficient (Wildman–Crippen LogP) is 5.20. The molecule has 4 aromatic rings. The summed E-state index contributed by atoms with van der Waals surface area (Å²) in [7, 11) is 1.60. The van der Waals surface area contributed by atoms with Gasteiger partial charge in [-0.2, -0.15) is 4.98 Å². The Morgan fingerprint density at radius 3 is 2.24 bits per heavy atom. The van der Waals surface area contributed by atoms with Gasteiger partial charge in [-0.3, -0.25) is 4.79 Å². The summed E-state index contributed by atoms with van der Waals surface area (Å²) >= 11 is 0. The lowest BCUT2D eigenvalue weighted by Gasteiger charge is -2.16. The number of nitrogens with zero attached hydrogens (tertiary/aromatic N) is 3. The molecule has 2 heterocycles. The predicted molar refractivity (Wildman–Crippen MR) is 119 cm³/mol. The second-order valence-corrected chi connectivity index (χ2v) is 7.64. The van der Waals surface area contributed by atoms with Gasteiger partial charge in [0.25, 0.3) is 0 Å². The van der Waals surface area contributed by atoms with E-state index in [4.69, 9.17) is 14.0 Å². The summed E-state index contributed by atoms with van der Waals surface area (Å²) < 4.78 is 29.4. The Bertz CT molecular complexity index is 1250. The van der Waals surface area contributed by atoms with E-state index in [-0.39, 0.29) is 17.6 Å². The maximum Gasteiger partial charge on any atom is 0.232 e. The van der Waals surface area contributed by atoms with Crippen molar-refractivity contribution in [3.8, 4) is 28.6 Å². The minimum absolute atomic E-state index is 0.00668. The van der Waals surface area contributed by atoms with E-state index >= 15 is 0 Å². The van der Waals surface area contributed by atoms with E-state index in [1.54, 1.807) is 36.3 Å². The highest BCUT2D eigenvalue weighted by molar-refractivity contribution is 5.96. The van der Waals surface area contributed by atoms with Crippen molar-refractivity contribution in [1.82, 2.24) is 10.1 Å². The maximum atomic E-state index is 13.0. The normalized spacial score (nSPS) is 15.6. The van der Waals surface area contributed by atoms with E-state index in [9.17, 15) is 9.18 Å². The number of halogens is 1. The molecule has 0 radical (unpaired) electrons. The lowest BCUT2D eigenvalue weighted by molar-refractivity contribution is -0.117. The molecule has 1 saturated heterocycles. The Hall–Kier alpha value is -4.20. The molecule has 0 spiro atoms. The fourth-order valence-electron chi connectivity index (χ4n) is 3.71. The monoisotopic (exact) mass is 445 g/mol. The highest BCUT2D eigenvalue weighted by Gasteiger charge is 2.35. The smallest absolute Gasteiger partial charge is 0.232 e. The number of benzene rings is 3. The first-order chi connectivity index (χ1) is 16.1. The van der Waals surface area contributed by atoms with Crippen LogP contribution in [0.25, 0.3) is 11.4 Å². The Morgan fingerprint density at radius 1 is 0.939 bits per heavy atom. The quantitative estimate of drug-likeness (QED) is 0.406. The molecule has 0 bridgehead atoms. The topological polar surface area (TPSA) is 77.7 Å². The van der Waals surface area contributed by atoms with Crippen molar-refractivity contribution in [1.29, 1.82) is 0 Å². The van der Waals surface area contributed by atoms with Crippen LogP contribution in [0, 0.1) is 5.82 Å². The van der Waals surface area contributed by atoms with Gasteiger partial charge in [-0.05, 0) is 72.8 Å². The third-order valence-electron chi connectivity index (χ3n) is 5.46. The zero-order valence-corrected chi connectivity index (χ0v) is 17.8. The number of carbonyl (C=O) groups excluding carboxylic acids is 1. The number of anilines is 1. The fraction of sp³-hybridized carbons (Fsp3) is 0.160. The van der Waals surface area contributed by atoms with Crippen LogP contribution in [-0.4, -0.2) is 29.7 Å². The van der Waals surface area contributed by atoms with Gasteiger partial charge in [-0.25, -0.2) is 4.39 Å². The largest absolute Gasteiger partial charge is 0.497 e. The Balaban J connectivity index is 1.27. The molecular weight excluding hydrogens is 425 g/mol. The minimum Gasteiger partial charge on any atom is -0.497 e. The SMILES string of the molecule is COc1ccc(N2C[C@@H](c3nc(-c4ccc(Oc5ccc(F)cc5)cc4)no3)CC2=O)cc1. The van der Waals surface area contributed by atoms with Crippen molar-refractivity contribution in [2.45, 2.75) is 12.3 Å². The third-order valence-corrected chi connectivity index (χ3v) is 5.46. The van der Waals surface area contributed by atoms with E-state index in [0.717, 1.165) is 17.0 Å². The molecule has 0 unspecified atom stereocenters. The molecule has 1 amide bonds. The van der Waals surface area contributed by atoms with Crippen LogP contribution in [0.15, 0.2) is 77.3 Å². The molecule has 1 aromatic heterocycles. The van der Waals surface area contributed by atoms with Crippen LogP contribution in [0.1, 0.15) is 18.2 Å². The third kappa shape index (κ3) is 4.41. The van der Waals surface area contributed by atoms with E-state index in [1.165, 1.54) is 12.1 Å². The second-order valence-electron chi connectivity index (χ2n) is 7.64. The van der Waals surface area contributed by atoms with E-state index < -0.39 is 0 Å². The van der Waals surface area contributed by atoms with Gasteiger partial charge in [0.05, 0.1) is 13.0 Å². The van der Waals surface area contributed by atoms with Crippen molar-refractivity contribution in [2.75, 3.05) is 18.6 Å². The number of rotatable bonds is 6. The van der Waals surface area contributed by atoms with Crippen LogP contribution in [0.5, 0.6) is 17.2 Å². The first kappa shape index (κ1) is 20.7. The van der Waals surface area contributed by atoms with Gasteiger partial charge < -0.3 is 18.9 Å². The Labute approximate surface area is 189 Å². The van der Waals surface area contributed by atoms with Crippen LogP contribution in [0.4, 0.5) is 10.1 Å². The number of hydrogen-bond acceptors (Lipinski definition) is 6. The van der Waals surface area contributed by atoms with E-state index in [1.807, 2.05) is 36.4 Å². The summed E-state index contributed by atoms with van der Waals surface area (Å²) in [6, 6.07) is 20.4. The summed E-state index contributed by atoms with van der Waals surface area (Å²) in [5.74, 6) is 2.26. The first-order valence-electron chi connectivity index (χ1n) is 10.4. The van der Waals surface area contributed by atoms with Crippen LogP contribution in [-0.2, 0) is 4.79 Å². The molecule has 0 saturated carbocycles. The van der Waals surface area contributed by atoms with Crippen molar-refractivity contribution in [2.24, 2.45) is 0 Å². The minimum atomic E-state index is -0.318. The molecule has 33 heavy (non-hydrogen) atoms. The highest BCUT2D eigenvalue weighted by atomic mass is 19.1. The number of ether oxygens (including phenoxy) is 2. The average molecular weight is 445 g/mol. The van der Waals surface area contributed by atoms with Crippen LogP contribution < -0.4 is 14.4 Å². The average Bonchev–Trinajstić information content (AvgIpc) is 3.48. The van der Waals surface area contributed by atoms with Gasteiger partial charge in [-0.15, -0.1) is 0 Å². The van der Waals surface area contributed by atoms with Crippen LogP contribution in [0.2, 0.25) is 0 Å². The molecule has 166 valence electrons. The van der Waals surface area contributed by atoms with Crippen molar-refractivity contribution < 1.29 is 23.2 Å². The summed E-state index contributed by atoms with van der Waals surface area (Å²) in [5, 5.41) is 4.08. The number of amides is 1. The molecule has 1 atom stereocenters. The molecular formula is C25H20FN3O4. The molecule has 5 rings (SSSR count). The van der Waals surface area contributed by atoms with Gasteiger partial charge in [0.1, 0.15) is 23.1 Å². The number of carbonyl (C=O) groups is 1. The molecule has 8 heteroatoms. The zero-order chi connectivity index (χ0) is 22.8. The molecule has 1 fully saturated rings. The van der Waals surface area contributed by atoms with Gasteiger partial charge in [0, 0.05) is 24.2 Å². The molecule has 1 aliphatic heterocycles. The summed E-state index contributed by atoms with van der Waals surface area (Å²) in [6.07, 6.45) is 0.304. The van der Waals surface area contributed by atoms with Crippen molar-refractivity contribution in [3.05, 3.63) is 84.5 Å². The summed E-state index contributed by atoms with van der Waals surface area (Å²) in [6.45, 7) is 0.469. The van der Waals surface area contributed by atoms with Crippen LogP contribution >= 0.6 is 0 Å². The van der Waals surface area contributed by atoms with Crippen molar-refractivity contribution >= 4 is 11.6 Å². The van der Waals surface area contributed by atoms with E-state index in [2.05, 4.69) is 10.1 Å². The second kappa shape index (κ2) is 8.74. The standard InChI is InChI=1S/C25H20FN3O4/c1-31-20-12-6-19(7-13-20)29-15-17(14-23(29)30)25-27-24(28-33-25)16-2-8-21(9-3-16)32-22-10-4-18(26)5-11-22/h2-13,17H,14-15H2,1H3/t17-/m0/s1. The fourth-order valence-corrected chi connectivity index (χ4v) is 3.71.